The van der Waals surface area contributed by atoms with Gasteiger partial charge in [-0.1, -0.05) is 46.6 Å². The van der Waals surface area contributed by atoms with E-state index in [1.165, 1.54) is 0 Å². The van der Waals surface area contributed by atoms with Crippen molar-refractivity contribution in [3.8, 4) is 17.1 Å². The zero-order valence-electron chi connectivity index (χ0n) is 16.6. The predicted molar refractivity (Wildman–Crippen MR) is 111 cm³/mol. The summed E-state index contributed by atoms with van der Waals surface area (Å²) in [5.74, 6) is -0.0632. The third kappa shape index (κ3) is 5.81. The highest BCUT2D eigenvalue weighted by Crippen LogP contribution is 2.20. The molecule has 30 heavy (non-hydrogen) atoms. The van der Waals surface area contributed by atoms with E-state index in [4.69, 9.17) is 20.9 Å². The first-order valence-electron chi connectivity index (χ1n) is 9.27. The SMILES string of the molecule is Cc1ccc(OCC(=O)NCCNC(=O)c2nc(-c3cccc(Cl)c3)no2)c(C)c1. The summed E-state index contributed by atoms with van der Waals surface area (Å²) in [6.07, 6.45) is 0. The molecule has 0 fully saturated rings. The molecular weight excluding hydrogens is 408 g/mol. The average Bonchev–Trinajstić information content (AvgIpc) is 3.21. The standard InChI is InChI=1S/C21H21ClN4O4/c1-13-6-7-17(14(2)10-13)29-12-18(27)23-8-9-24-20(28)21-25-19(26-30-21)15-4-3-5-16(22)11-15/h3-7,10-11H,8-9,12H2,1-2H3,(H,23,27)(H,24,28). The summed E-state index contributed by atoms with van der Waals surface area (Å²) in [5.41, 5.74) is 2.73. The number of benzene rings is 2. The van der Waals surface area contributed by atoms with Gasteiger partial charge in [-0.3, -0.25) is 9.59 Å². The van der Waals surface area contributed by atoms with Crippen LogP contribution in [0.2, 0.25) is 5.02 Å². The van der Waals surface area contributed by atoms with E-state index in [1.807, 2.05) is 32.0 Å². The first-order valence-corrected chi connectivity index (χ1v) is 9.65. The number of nitrogens with zero attached hydrogens (tertiary/aromatic N) is 2. The summed E-state index contributed by atoms with van der Waals surface area (Å²) >= 11 is 5.94. The largest absolute Gasteiger partial charge is 0.484 e. The van der Waals surface area contributed by atoms with Crippen LogP contribution in [0.15, 0.2) is 47.0 Å². The maximum atomic E-state index is 12.1. The number of ether oxygens (including phenoxy) is 1. The van der Waals surface area contributed by atoms with Crippen molar-refractivity contribution in [2.45, 2.75) is 13.8 Å². The smallest absolute Gasteiger partial charge is 0.316 e. The molecule has 0 bridgehead atoms. The molecule has 0 aliphatic carbocycles. The van der Waals surface area contributed by atoms with E-state index in [0.29, 0.717) is 16.3 Å². The Balaban J connectivity index is 1.40. The van der Waals surface area contributed by atoms with Crippen LogP contribution in [0, 0.1) is 13.8 Å². The highest BCUT2D eigenvalue weighted by molar-refractivity contribution is 6.30. The monoisotopic (exact) mass is 428 g/mol. The van der Waals surface area contributed by atoms with Gasteiger partial charge in [-0.05, 0) is 37.6 Å². The van der Waals surface area contributed by atoms with Gasteiger partial charge in [-0.2, -0.15) is 4.98 Å². The number of halogens is 1. The van der Waals surface area contributed by atoms with Gasteiger partial charge in [-0.15, -0.1) is 0 Å². The third-order valence-electron chi connectivity index (χ3n) is 4.13. The Labute approximate surface area is 178 Å². The molecule has 2 amide bonds. The fourth-order valence-electron chi connectivity index (χ4n) is 2.67. The molecule has 2 N–H and O–H groups in total. The van der Waals surface area contributed by atoms with Crippen LogP contribution in [0.4, 0.5) is 0 Å². The summed E-state index contributed by atoms with van der Waals surface area (Å²) in [5, 5.41) is 9.58. The van der Waals surface area contributed by atoms with E-state index < -0.39 is 5.91 Å². The van der Waals surface area contributed by atoms with Gasteiger partial charge >= 0.3 is 11.8 Å². The lowest BCUT2D eigenvalue weighted by Crippen LogP contribution is -2.36. The minimum Gasteiger partial charge on any atom is -0.484 e. The number of aromatic nitrogens is 2. The number of nitrogens with one attached hydrogen (secondary N) is 2. The molecule has 1 aromatic heterocycles. The third-order valence-corrected chi connectivity index (χ3v) is 4.36. The van der Waals surface area contributed by atoms with Gasteiger partial charge in [-0.25, -0.2) is 0 Å². The lowest BCUT2D eigenvalue weighted by Gasteiger charge is -2.10. The van der Waals surface area contributed by atoms with Crippen molar-refractivity contribution < 1.29 is 18.8 Å². The molecule has 0 aliphatic rings. The second-order valence-electron chi connectivity index (χ2n) is 6.60. The summed E-state index contributed by atoms with van der Waals surface area (Å²) in [7, 11) is 0. The van der Waals surface area contributed by atoms with Crippen LogP contribution in [-0.2, 0) is 4.79 Å². The molecule has 0 saturated carbocycles. The van der Waals surface area contributed by atoms with Gasteiger partial charge < -0.3 is 19.9 Å². The molecule has 0 saturated heterocycles. The number of aryl methyl sites for hydroxylation is 2. The molecule has 3 rings (SSSR count). The summed E-state index contributed by atoms with van der Waals surface area (Å²) in [6, 6.07) is 12.6. The normalized spacial score (nSPS) is 10.5. The van der Waals surface area contributed by atoms with Crippen LogP contribution >= 0.6 is 11.6 Å². The van der Waals surface area contributed by atoms with Crippen LogP contribution in [0.25, 0.3) is 11.4 Å². The molecule has 156 valence electrons. The van der Waals surface area contributed by atoms with Crippen molar-refractivity contribution in [3.63, 3.8) is 0 Å². The van der Waals surface area contributed by atoms with Crippen molar-refractivity contribution >= 4 is 23.4 Å². The van der Waals surface area contributed by atoms with E-state index >= 15 is 0 Å². The minimum atomic E-state index is -0.531. The molecular formula is C21H21ClN4O4. The number of rotatable bonds is 8. The first-order chi connectivity index (χ1) is 14.4. The van der Waals surface area contributed by atoms with Crippen LogP contribution in [0.1, 0.15) is 21.8 Å². The van der Waals surface area contributed by atoms with E-state index in [0.717, 1.165) is 11.1 Å². The Kier molecular flexibility index (Phi) is 7.03. The highest BCUT2D eigenvalue weighted by Gasteiger charge is 2.16. The maximum Gasteiger partial charge on any atom is 0.316 e. The molecule has 0 aliphatic heterocycles. The van der Waals surface area contributed by atoms with Gasteiger partial charge in [0.2, 0.25) is 5.82 Å². The lowest BCUT2D eigenvalue weighted by atomic mass is 10.1. The number of carbonyl (C=O) groups is 2. The molecule has 9 heteroatoms. The zero-order chi connectivity index (χ0) is 21.5. The number of carbonyl (C=O) groups excluding carboxylic acids is 2. The predicted octanol–water partition coefficient (Wildman–Crippen LogP) is 2.93. The topological polar surface area (TPSA) is 106 Å². The molecule has 2 aromatic carbocycles. The molecule has 0 atom stereocenters. The average molecular weight is 429 g/mol. The van der Waals surface area contributed by atoms with E-state index in [1.54, 1.807) is 24.3 Å². The second kappa shape index (κ2) is 9.89. The molecule has 0 spiro atoms. The van der Waals surface area contributed by atoms with Crippen molar-refractivity contribution in [3.05, 3.63) is 64.5 Å². The Morgan fingerprint density at radius 1 is 1.10 bits per heavy atom. The van der Waals surface area contributed by atoms with Crippen LogP contribution in [-0.4, -0.2) is 41.7 Å². The Bertz CT molecular complexity index is 1050. The van der Waals surface area contributed by atoms with Crippen molar-refractivity contribution in [2.75, 3.05) is 19.7 Å². The van der Waals surface area contributed by atoms with Crippen molar-refractivity contribution in [2.24, 2.45) is 0 Å². The summed E-state index contributed by atoms with van der Waals surface area (Å²) < 4.78 is 10.5. The Morgan fingerprint density at radius 3 is 2.67 bits per heavy atom. The van der Waals surface area contributed by atoms with Crippen LogP contribution in [0.3, 0.4) is 0 Å². The Hall–Kier alpha value is -3.39. The summed E-state index contributed by atoms with van der Waals surface area (Å²) in [6.45, 7) is 4.24. The number of hydrogen-bond acceptors (Lipinski definition) is 6. The van der Waals surface area contributed by atoms with Gasteiger partial charge in [0.15, 0.2) is 6.61 Å². The first kappa shape index (κ1) is 21.3. The van der Waals surface area contributed by atoms with Crippen LogP contribution < -0.4 is 15.4 Å². The van der Waals surface area contributed by atoms with Gasteiger partial charge in [0.1, 0.15) is 5.75 Å². The van der Waals surface area contributed by atoms with E-state index in [2.05, 4.69) is 20.8 Å². The Morgan fingerprint density at radius 2 is 1.90 bits per heavy atom. The molecule has 8 nitrogen and oxygen atoms in total. The fourth-order valence-corrected chi connectivity index (χ4v) is 2.86. The van der Waals surface area contributed by atoms with Gasteiger partial charge in [0, 0.05) is 23.7 Å². The van der Waals surface area contributed by atoms with E-state index in [9.17, 15) is 9.59 Å². The second-order valence-corrected chi connectivity index (χ2v) is 7.03. The molecule has 0 radical (unpaired) electrons. The lowest BCUT2D eigenvalue weighted by molar-refractivity contribution is -0.123. The van der Waals surface area contributed by atoms with Crippen molar-refractivity contribution in [1.82, 2.24) is 20.8 Å². The van der Waals surface area contributed by atoms with Gasteiger partial charge in [0.25, 0.3) is 5.91 Å². The maximum absolute atomic E-state index is 12.1. The number of hydrogen-bond donors (Lipinski definition) is 2. The van der Waals surface area contributed by atoms with Gasteiger partial charge in [0.05, 0.1) is 0 Å². The highest BCUT2D eigenvalue weighted by atomic mass is 35.5. The molecule has 0 unspecified atom stereocenters. The quantitative estimate of drug-likeness (QED) is 0.534. The molecule has 3 aromatic rings. The van der Waals surface area contributed by atoms with E-state index in [-0.39, 0.29) is 37.3 Å². The van der Waals surface area contributed by atoms with Crippen LogP contribution in [0.5, 0.6) is 5.75 Å². The summed E-state index contributed by atoms with van der Waals surface area (Å²) in [4.78, 5) is 28.1. The molecule has 1 heterocycles. The zero-order valence-corrected chi connectivity index (χ0v) is 17.3. The number of amides is 2. The fraction of sp³-hybridized carbons (Fsp3) is 0.238. The van der Waals surface area contributed by atoms with Crippen molar-refractivity contribution in [1.29, 1.82) is 0 Å². The minimum absolute atomic E-state index is 0.107.